The van der Waals surface area contributed by atoms with Crippen molar-refractivity contribution >= 4 is 51.9 Å². The first-order chi connectivity index (χ1) is 15.8. The van der Waals surface area contributed by atoms with Crippen molar-refractivity contribution in [1.82, 2.24) is 9.79 Å². The molecule has 186 valence electrons. The van der Waals surface area contributed by atoms with Crippen molar-refractivity contribution in [3.8, 4) is 11.5 Å². The van der Waals surface area contributed by atoms with Gasteiger partial charge in [-0.15, -0.1) is 0 Å². The number of thioether (sulfide) groups is 1. The van der Waals surface area contributed by atoms with Gasteiger partial charge >= 0.3 is 0 Å². The number of carbonyl (C=O) groups excluding carboxylic acids is 1. The molecule has 1 saturated heterocycles. The molecule has 3 rings (SSSR count). The number of hydroxylamine groups is 1. The summed E-state index contributed by atoms with van der Waals surface area (Å²) in [4.78, 5) is 13.1. The number of amides is 1. The number of ether oxygens (including phenoxy) is 1. The van der Waals surface area contributed by atoms with Gasteiger partial charge in [-0.25, -0.2) is 13.9 Å². The van der Waals surface area contributed by atoms with Crippen LogP contribution in [0.25, 0.3) is 0 Å². The number of nitrogens with zero attached hydrogens (tertiary/aromatic N) is 1. The van der Waals surface area contributed by atoms with Crippen LogP contribution in [0.15, 0.2) is 57.9 Å². The fourth-order valence-electron chi connectivity index (χ4n) is 2.94. The average Bonchev–Trinajstić information content (AvgIpc) is 2.78. The summed E-state index contributed by atoms with van der Waals surface area (Å²) in [5.41, 5.74) is 2.57. The molecule has 2 aromatic rings. The van der Waals surface area contributed by atoms with Gasteiger partial charge in [0, 0.05) is 22.5 Å². The minimum atomic E-state index is -3.88. The lowest BCUT2D eigenvalue weighted by Crippen LogP contribution is -2.56. The van der Waals surface area contributed by atoms with Gasteiger partial charge in [-0.2, -0.15) is 16.1 Å². The van der Waals surface area contributed by atoms with Crippen LogP contribution in [0.3, 0.4) is 0 Å². The molecule has 0 aliphatic carbocycles. The fraction of sp³-hybridized carbons (Fsp3) is 0.435. The zero-order valence-electron chi connectivity index (χ0n) is 20.0. The third-order valence-corrected chi connectivity index (χ3v) is 13.8. The van der Waals surface area contributed by atoms with E-state index in [1.165, 1.54) is 16.4 Å². The first-order valence-electron chi connectivity index (χ1n) is 10.9. The summed E-state index contributed by atoms with van der Waals surface area (Å²) in [5, 5.41) is -0.0899. The second kappa shape index (κ2) is 10.7. The Kier molecular flexibility index (Phi) is 8.57. The molecule has 2 aromatic carbocycles. The molecular weight excluding hydrogens is 556 g/mol. The highest BCUT2D eigenvalue weighted by Crippen LogP contribution is 2.36. The van der Waals surface area contributed by atoms with Crippen LogP contribution in [0.2, 0.25) is 18.1 Å². The Bertz CT molecular complexity index is 1100. The molecule has 0 spiro atoms. The van der Waals surface area contributed by atoms with Gasteiger partial charge in [0.05, 0.1) is 4.90 Å². The number of nitrogens with one attached hydrogen (secondary N) is 1. The van der Waals surface area contributed by atoms with E-state index in [0.717, 1.165) is 4.47 Å². The van der Waals surface area contributed by atoms with Crippen LogP contribution in [-0.4, -0.2) is 51.0 Å². The standard InChI is InChI=1S/C23H31BrN2O5S2Si/c1-23(2,3)34(4,5)31-25-22(27)21-16-32-15-14-26(21)33(28,29)20-12-10-19(11-13-20)30-18-8-6-17(24)7-9-18/h6-13,21H,14-16H2,1-5H3,(H,25,27). The maximum atomic E-state index is 13.4. The van der Waals surface area contributed by atoms with Crippen molar-refractivity contribution in [2.45, 2.75) is 49.8 Å². The number of hydrogen-bond donors (Lipinski definition) is 1. The Morgan fingerprint density at radius 2 is 1.65 bits per heavy atom. The van der Waals surface area contributed by atoms with E-state index in [9.17, 15) is 13.2 Å². The van der Waals surface area contributed by atoms with Crippen molar-refractivity contribution in [2.75, 3.05) is 18.1 Å². The van der Waals surface area contributed by atoms with Crippen molar-refractivity contribution in [3.63, 3.8) is 0 Å². The number of rotatable bonds is 7. The van der Waals surface area contributed by atoms with Gasteiger partial charge in [0.2, 0.25) is 18.3 Å². The molecular formula is C23H31BrN2O5S2Si. The Morgan fingerprint density at radius 1 is 1.09 bits per heavy atom. The van der Waals surface area contributed by atoms with Crippen LogP contribution < -0.4 is 10.2 Å². The predicted molar refractivity (Wildman–Crippen MR) is 142 cm³/mol. The molecule has 0 saturated carbocycles. The molecule has 1 N–H and O–H groups in total. The summed E-state index contributed by atoms with van der Waals surface area (Å²) in [6, 6.07) is 12.8. The van der Waals surface area contributed by atoms with E-state index >= 15 is 0 Å². The monoisotopic (exact) mass is 586 g/mol. The van der Waals surface area contributed by atoms with Crippen LogP contribution in [0.1, 0.15) is 20.8 Å². The molecule has 11 heteroatoms. The third kappa shape index (κ3) is 6.44. The van der Waals surface area contributed by atoms with E-state index in [2.05, 4.69) is 42.2 Å². The number of hydrogen-bond acceptors (Lipinski definition) is 6. The van der Waals surface area contributed by atoms with Crippen LogP contribution in [0, 0.1) is 0 Å². The van der Waals surface area contributed by atoms with E-state index in [4.69, 9.17) is 9.26 Å². The van der Waals surface area contributed by atoms with Crippen molar-refractivity contribution < 1.29 is 22.5 Å². The lowest BCUT2D eigenvalue weighted by molar-refractivity contribution is -0.131. The number of benzene rings is 2. The molecule has 1 unspecified atom stereocenters. The third-order valence-electron chi connectivity index (χ3n) is 6.07. The molecule has 1 fully saturated rings. The Labute approximate surface area is 215 Å². The van der Waals surface area contributed by atoms with Gasteiger partial charge in [-0.1, -0.05) is 36.7 Å². The van der Waals surface area contributed by atoms with E-state index in [1.54, 1.807) is 23.9 Å². The zero-order valence-corrected chi connectivity index (χ0v) is 24.2. The van der Waals surface area contributed by atoms with Crippen molar-refractivity contribution in [3.05, 3.63) is 53.0 Å². The normalized spacial score (nSPS) is 17.9. The summed E-state index contributed by atoms with van der Waals surface area (Å²) in [5.74, 6) is 1.72. The molecule has 1 atom stereocenters. The SMILES string of the molecule is CC(C)(C)[Si](C)(C)ONC(=O)C1CSCCN1S(=O)(=O)c1ccc(Oc2ccc(Br)cc2)cc1. The van der Waals surface area contributed by atoms with Crippen molar-refractivity contribution in [1.29, 1.82) is 0 Å². The Balaban J connectivity index is 1.74. The molecule has 7 nitrogen and oxygen atoms in total. The second-order valence-corrected chi connectivity index (χ2v) is 18.2. The molecule has 0 aromatic heterocycles. The maximum absolute atomic E-state index is 13.4. The highest BCUT2D eigenvalue weighted by Gasteiger charge is 2.41. The molecule has 1 amide bonds. The van der Waals surface area contributed by atoms with Crippen LogP contribution in [-0.2, 0) is 19.3 Å². The highest BCUT2D eigenvalue weighted by molar-refractivity contribution is 9.10. The number of carbonyl (C=O) groups is 1. The smallest absolute Gasteiger partial charge is 0.261 e. The quantitative estimate of drug-likeness (QED) is 0.345. The number of halogens is 1. The Hall–Kier alpha value is -1.37. The minimum absolute atomic E-state index is 0.0899. The summed E-state index contributed by atoms with van der Waals surface area (Å²) in [6.45, 7) is 10.5. The van der Waals surface area contributed by atoms with Gasteiger partial charge in [0.15, 0.2) is 0 Å². The summed E-state index contributed by atoms with van der Waals surface area (Å²) >= 11 is 4.94. The summed E-state index contributed by atoms with van der Waals surface area (Å²) < 4.78 is 40.7. The lowest BCUT2D eigenvalue weighted by Gasteiger charge is -2.37. The highest BCUT2D eigenvalue weighted by atomic mass is 79.9. The topological polar surface area (TPSA) is 84.9 Å². The first-order valence-corrected chi connectivity index (χ1v) is 17.2. The fourth-order valence-corrected chi connectivity index (χ4v) is 6.71. The van der Waals surface area contributed by atoms with Crippen LogP contribution in [0.5, 0.6) is 11.5 Å². The Morgan fingerprint density at radius 3 is 2.21 bits per heavy atom. The molecule has 34 heavy (non-hydrogen) atoms. The molecule has 0 bridgehead atoms. The molecule has 0 radical (unpaired) electrons. The van der Waals surface area contributed by atoms with Gasteiger partial charge in [-0.3, -0.25) is 4.79 Å². The van der Waals surface area contributed by atoms with Crippen LogP contribution >= 0.6 is 27.7 Å². The molecule has 1 aliphatic heterocycles. The van der Waals surface area contributed by atoms with Gasteiger partial charge in [-0.05, 0) is 66.7 Å². The van der Waals surface area contributed by atoms with Gasteiger partial charge in [0.1, 0.15) is 17.5 Å². The molecule has 1 aliphatic rings. The largest absolute Gasteiger partial charge is 0.457 e. The average molecular weight is 588 g/mol. The molecule has 1 heterocycles. The van der Waals surface area contributed by atoms with Crippen LogP contribution in [0.4, 0.5) is 0 Å². The maximum Gasteiger partial charge on any atom is 0.261 e. The van der Waals surface area contributed by atoms with Crippen molar-refractivity contribution in [2.24, 2.45) is 0 Å². The first kappa shape index (κ1) is 27.2. The van der Waals surface area contributed by atoms with E-state index in [-0.39, 0.29) is 16.5 Å². The van der Waals surface area contributed by atoms with Gasteiger partial charge < -0.3 is 9.26 Å². The number of sulfonamides is 1. The minimum Gasteiger partial charge on any atom is -0.457 e. The zero-order chi connectivity index (χ0) is 25.1. The lowest BCUT2D eigenvalue weighted by atomic mass is 10.2. The summed E-state index contributed by atoms with van der Waals surface area (Å²) in [7, 11) is -6.11. The summed E-state index contributed by atoms with van der Waals surface area (Å²) in [6.07, 6.45) is 0. The van der Waals surface area contributed by atoms with E-state index in [0.29, 0.717) is 23.0 Å². The van der Waals surface area contributed by atoms with E-state index in [1.807, 2.05) is 37.4 Å². The van der Waals surface area contributed by atoms with Gasteiger partial charge in [0.25, 0.3) is 5.91 Å². The predicted octanol–water partition coefficient (Wildman–Crippen LogP) is 5.40. The van der Waals surface area contributed by atoms with E-state index < -0.39 is 30.3 Å². The second-order valence-electron chi connectivity index (χ2n) is 9.56.